The fourth-order valence-electron chi connectivity index (χ4n) is 3.08. The summed E-state index contributed by atoms with van der Waals surface area (Å²) in [6.45, 7) is 4.40. The summed E-state index contributed by atoms with van der Waals surface area (Å²) >= 11 is 0. The maximum atomic E-state index is 5.92. The minimum atomic E-state index is 0.374. The van der Waals surface area contributed by atoms with E-state index >= 15 is 0 Å². The number of nitrogens with zero attached hydrogens (tertiary/aromatic N) is 1. The summed E-state index contributed by atoms with van der Waals surface area (Å²) < 4.78 is 4.98. The Kier molecular flexibility index (Phi) is 2.62. The highest BCUT2D eigenvalue weighted by Gasteiger charge is 2.30. The number of anilines is 1. The van der Waals surface area contributed by atoms with Crippen molar-refractivity contribution < 1.29 is 4.52 Å². The monoisotopic (exact) mass is 242 g/mol. The van der Waals surface area contributed by atoms with Gasteiger partial charge < -0.3 is 10.3 Å². The van der Waals surface area contributed by atoms with Crippen molar-refractivity contribution in [1.29, 1.82) is 0 Å². The largest absolute Gasteiger partial charge is 0.395 e. The van der Waals surface area contributed by atoms with Crippen molar-refractivity contribution in [3.8, 4) is 0 Å². The minimum absolute atomic E-state index is 0.374. The molecular weight excluding hydrogens is 224 g/mol. The Morgan fingerprint density at radius 3 is 2.94 bits per heavy atom. The summed E-state index contributed by atoms with van der Waals surface area (Å²) in [6, 6.07) is 6.73. The molecule has 3 heteroatoms. The molecule has 0 amide bonds. The summed E-state index contributed by atoms with van der Waals surface area (Å²) in [5.41, 5.74) is 11.8. The van der Waals surface area contributed by atoms with E-state index in [1.165, 1.54) is 23.0 Å². The number of benzene rings is 1. The molecule has 0 saturated heterocycles. The van der Waals surface area contributed by atoms with Crippen LogP contribution >= 0.6 is 0 Å². The molecule has 2 atom stereocenters. The van der Waals surface area contributed by atoms with Crippen molar-refractivity contribution in [1.82, 2.24) is 5.16 Å². The van der Waals surface area contributed by atoms with Gasteiger partial charge in [-0.15, -0.1) is 0 Å². The predicted octanol–water partition coefficient (Wildman–Crippen LogP) is 3.40. The van der Waals surface area contributed by atoms with E-state index < -0.39 is 0 Å². The van der Waals surface area contributed by atoms with Crippen LogP contribution in [0.4, 0.5) is 5.69 Å². The first-order valence-corrected chi connectivity index (χ1v) is 6.46. The number of aromatic nitrogens is 1. The van der Waals surface area contributed by atoms with E-state index in [2.05, 4.69) is 37.2 Å². The van der Waals surface area contributed by atoms with Crippen LogP contribution in [0.5, 0.6) is 0 Å². The summed E-state index contributed by atoms with van der Waals surface area (Å²) in [7, 11) is 0. The van der Waals surface area contributed by atoms with Crippen LogP contribution in [0.2, 0.25) is 0 Å². The van der Waals surface area contributed by atoms with Gasteiger partial charge >= 0.3 is 0 Å². The summed E-state index contributed by atoms with van der Waals surface area (Å²) in [5, 5.41) is 4.08. The van der Waals surface area contributed by atoms with E-state index in [1.807, 2.05) is 0 Å². The molecule has 0 radical (unpaired) electrons. The van der Waals surface area contributed by atoms with Crippen molar-refractivity contribution in [3.05, 3.63) is 46.8 Å². The van der Waals surface area contributed by atoms with E-state index in [-0.39, 0.29) is 0 Å². The molecule has 2 aromatic rings. The van der Waals surface area contributed by atoms with Gasteiger partial charge in [0.15, 0.2) is 0 Å². The maximum absolute atomic E-state index is 5.92. The Morgan fingerprint density at radius 1 is 1.39 bits per heavy atom. The van der Waals surface area contributed by atoms with Gasteiger partial charge in [-0.05, 0) is 36.8 Å². The molecule has 0 aliphatic heterocycles. The smallest absolute Gasteiger partial charge is 0.147 e. The molecule has 0 fully saturated rings. The van der Waals surface area contributed by atoms with E-state index in [0.717, 1.165) is 18.5 Å². The first-order valence-electron chi connectivity index (χ1n) is 6.46. The molecule has 1 aromatic heterocycles. The third-order valence-corrected chi connectivity index (χ3v) is 4.09. The topological polar surface area (TPSA) is 52.0 Å². The SMILES string of the molecule is Cc1ccc2c(c1)CCC(c1nocc1N)C2C. The molecule has 94 valence electrons. The van der Waals surface area contributed by atoms with Crippen LogP contribution in [0, 0.1) is 6.92 Å². The Morgan fingerprint density at radius 2 is 2.22 bits per heavy atom. The van der Waals surface area contributed by atoms with E-state index in [0.29, 0.717) is 17.5 Å². The zero-order valence-electron chi connectivity index (χ0n) is 10.8. The van der Waals surface area contributed by atoms with Crippen LogP contribution in [0.3, 0.4) is 0 Å². The second kappa shape index (κ2) is 4.16. The van der Waals surface area contributed by atoms with Crippen LogP contribution in [0.25, 0.3) is 0 Å². The van der Waals surface area contributed by atoms with Gasteiger partial charge in [0.1, 0.15) is 12.0 Å². The molecule has 2 unspecified atom stereocenters. The standard InChI is InChI=1S/C15H18N2O/c1-9-3-5-12-10(2)13(6-4-11(12)7-9)15-14(16)8-18-17-15/h3,5,7-8,10,13H,4,6,16H2,1-2H3. The average Bonchev–Trinajstić information content (AvgIpc) is 2.76. The fourth-order valence-corrected chi connectivity index (χ4v) is 3.08. The first-order chi connectivity index (χ1) is 8.66. The third-order valence-electron chi connectivity index (χ3n) is 4.09. The lowest BCUT2D eigenvalue weighted by atomic mass is 9.74. The number of rotatable bonds is 1. The van der Waals surface area contributed by atoms with Gasteiger partial charge in [-0.3, -0.25) is 0 Å². The molecule has 1 aliphatic rings. The highest BCUT2D eigenvalue weighted by Crippen LogP contribution is 2.43. The van der Waals surface area contributed by atoms with Crippen LogP contribution in [-0.4, -0.2) is 5.16 Å². The summed E-state index contributed by atoms with van der Waals surface area (Å²) in [4.78, 5) is 0. The van der Waals surface area contributed by atoms with Crippen molar-refractivity contribution in [2.75, 3.05) is 5.73 Å². The number of nitrogen functional groups attached to an aromatic ring is 1. The quantitative estimate of drug-likeness (QED) is 0.833. The van der Waals surface area contributed by atoms with Crippen LogP contribution < -0.4 is 5.73 Å². The van der Waals surface area contributed by atoms with Gasteiger partial charge in [0.05, 0.1) is 5.69 Å². The second-order valence-electron chi connectivity index (χ2n) is 5.29. The lowest BCUT2D eigenvalue weighted by molar-refractivity contribution is 0.390. The Hall–Kier alpha value is -1.77. The van der Waals surface area contributed by atoms with Crippen molar-refractivity contribution in [2.45, 2.75) is 38.5 Å². The lowest BCUT2D eigenvalue weighted by Crippen LogP contribution is -2.18. The highest BCUT2D eigenvalue weighted by molar-refractivity contribution is 5.45. The van der Waals surface area contributed by atoms with Gasteiger partial charge in [-0.25, -0.2) is 0 Å². The normalized spacial score (nSPS) is 22.8. The number of aryl methyl sites for hydroxylation is 2. The molecule has 0 saturated carbocycles. The van der Waals surface area contributed by atoms with Crippen molar-refractivity contribution >= 4 is 5.69 Å². The first kappa shape index (κ1) is 11.3. The molecular formula is C15H18N2O. The molecule has 1 aromatic carbocycles. The number of hydrogen-bond donors (Lipinski definition) is 1. The zero-order chi connectivity index (χ0) is 12.7. The third kappa shape index (κ3) is 1.70. The molecule has 2 N–H and O–H groups in total. The zero-order valence-corrected chi connectivity index (χ0v) is 10.8. The van der Waals surface area contributed by atoms with Gasteiger partial charge in [-0.1, -0.05) is 35.8 Å². The maximum Gasteiger partial charge on any atom is 0.147 e. The number of fused-ring (bicyclic) bond motifs is 1. The Bertz CT molecular complexity index is 574. The Labute approximate surface area is 107 Å². The molecule has 18 heavy (non-hydrogen) atoms. The second-order valence-corrected chi connectivity index (χ2v) is 5.29. The van der Waals surface area contributed by atoms with E-state index in [4.69, 9.17) is 10.3 Å². The van der Waals surface area contributed by atoms with Gasteiger partial charge in [-0.2, -0.15) is 0 Å². The van der Waals surface area contributed by atoms with Crippen molar-refractivity contribution in [3.63, 3.8) is 0 Å². The number of nitrogens with two attached hydrogens (primary N) is 1. The molecule has 0 spiro atoms. The lowest BCUT2D eigenvalue weighted by Gasteiger charge is -2.30. The number of hydrogen-bond acceptors (Lipinski definition) is 3. The summed E-state index contributed by atoms with van der Waals surface area (Å²) in [5.74, 6) is 0.820. The molecule has 1 heterocycles. The highest BCUT2D eigenvalue weighted by atomic mass is 16.5. The van der Waals surface area contributed by atoms with Crippen LogP contribution in [0.1, 0.15) is 47.6 Å². The van der Waals surface area contributed by atoms with E-state index in [1.54, 1.807) is 0 Å². The van der Waals surface area contributed by atoms with Crippen LogP contribution in [-0.2, 0) is 6.42 Å². The van der Waals surface area contributed by atoms with Gasteiger partial charge in [0.25, 0.3) is 0 Å². The van der Waals surface area contributed by atoms with Gasteiger partial charge in [0.2, 0.25) is 0 Å². The molecule has 0 bridgehead atoms. The van der Waals surface area contributed by atoms with Crippen molar-refractivity contribution in [2.24, 2.45) is 0 Å². The molecule has 3 rings (SSSR count). The Balaban J connectivity index is 1.99. The minimum Gasteiger partial charge on any atom is -0.395 e. The predicted molar refractivity (Wildman–Crippen MR) is 71.6 cm³/mol. The molecule has 3 nitrogen and oxygen atoms in total. The van der Waals surface area contributed by atoms with Gasteiger partial charge in [0, 0.05) is 5.92 Å². The van der Waals surface area contributed by atoms with Crippen LogP contribution in [0.15, 0.2) is 29.0 Å². The molecule has 1 aliphatic carbocycles. The fraction of sp³-hybridized carbons (Fsp3) is 0.400. The average molecular weight is 242 g/mol. The van der Waals surface area contributed by atoms with E-state index in [9.17, 15) is 0 Å². The summed E-state index contributed by atoms with van der Waals surface area (Å²) in [6.07, 6.45) is 3.72.